The molecule has 0 saturated heterocycles. The number of aromatic amines is 1. The number of H-pyrrole nitrogens is 1. The zero-order chi connectivity index (χ0) is 11.2. The molecule has 0 bridgehead atoms. The van der Waals surface area contributed by atoms with Crippen molar-refractivity contribution in [3.05, 3.63) is 16.7 Å². The third kappa shape index (κ3) is 1.40. The van der Waals surface area contributed by atoms with Gasteiger partial charge in [0.05, 0.1) is 18.1 Å². The molecule has 0 aliphatic heterocycles. The molecule has 0 unspecified atom stereocenters. The van der Waals surface area contributed by atoms with Crippen LogP contribution >= 0.6 is 12.6 Å². The van der Waals surface area contributed by atoms with Crippen LogP contribution in [0.25, 0.3) is 11.0 Å². The van der Waals surface area contributed by atoms with Gasteiger partial charge in [-0.1, -0.05) is 0 Å². The lowest BCUT2D eigenvalue weighted by atomic mass is 10.0. The van der Waals surface area contributed by atoms with Crippen LogP contribution in [-0.2, 0) is 0 Å². The van der Waals surface area contributed by atoms with E-state index in [9.17, 15) is 0 Å². The number of nitrogens with zero attached hydrogens (tertiary/aromatic N) is 1. The van der Waals surface area contributed by atoms with Gasteiger partial charge in [-0.3, -0.25) is 0 Å². The first-order valence-corrected chi connectivity index (χ1v) is 5.23. The monoisotopic (exact) mass is 222 g/mol. The first-order chi connectivity index (χ1) is 7.06. The molecule has 15 heavy (non-hydrogen) atoms. The molecule has 80 valence electrons. The third-order valence-electron chi connectivity index (χ3n) is 2.87. The number of aryl methyl sites for hydroxylation is 2. The Morgan fingerprint density at radius 2 is 1.80 bits per heavy atom. The quantitative estimate of drug-likeness (QED) is 0.728. The minimum absolute atomic E-state index is 0.642. The van der Waals surface area contributed by atoms with Crippen molar-refractivity contribution in [2.24, 2.45) is 0 Å². The number of imidazole rings is 1. The van der Waals surface area contributed by atoms with Gasteiger partial charge in [0.1, 0.15) is 5.75 Å². The summed E-state index contributed by atoms with van der Waals surface area (Å²) in [6, 6.07) is 0. The van der Waals surface area contributed by atoms with E-state index in [2.05, 4.69) is 36.4 Å². The molecular weight excluding hydrogens is 208 g/mol. The summed E-state index contributed by atoms with van der Waals surface area (Å²) in [6.45, 7) is 6.13. The molecule has 1 aromatic heterocycles. The number of ether oxygens (including phenoxy) is 1. The van der Waals surface area contributed by atoms with Crippen LogP contribution in [0.5, 0.6) is 5.75 Å². The third-order valence-corrected chi connectivity index (χ3v) is 3.08. The summed E-state index contributed by atoms with van der Waals surface area (Å²) in [5.74, 6) is 0.917. The standard InChI is InChI=1S/C11H14N2OS/c1-5-6(2)10(14-4)7(3)9-8(5)12-11(15)13-9/h1-4H3,(H2,12,13,15). The van der Waals surface area contributed by atoms with Crippen LogP contribution in [0, 0.1) is 20.8 Å². The van der Waals surface area contributed by atoms with E-state index in [0.717, 1.165) is 27.9 Å². The van der Waals surface area contributed by atoms with Gasteiger partial charge in [0.2, 0.25) is 0 Å². The van der Waals surface area contributed by atoms with Gasteiger partial charge in [-0.05, 0) is 31.9 Å². The van der Waals surface area contributed by atoms with Crippen LogP contribution in [0.4, 0.5) is 0 Å². The molecule has 0 saturated carbocycles. The van der Waals surface area contributed by atoms with E-state index in [0.29, 0.717) is 5.16 Å². The molecule has 0 aliphatic carbocycles. The number of hydrogen-bond donors (Lipinski definition) is 2. The fourth-order valence-electron chi connectivity index (χ4n) is 1.96. The smallest absolute Gasteiger partial charge is 0.163 e. The Morgan fingerprint density at radius 3 is 2.40 bits per heavy atom. The molecule has 2 aromatic rings. The summed E-state index contributed by atoms with van der Waals surface area (Å²) >= 11 is 4.23. The van der Waals surface area contributed by atoms with E-state index in [1.807, 2.05) is 6.92 Å². The van der Waals surface area contributed by atoms with Gasteiger partial charge in [0, 0.05) is 5.56 Å². The molecule has 1 heterocycles. The Bertz CT molecular complexity index is 531. The first kappa shape index (κ1) is 10.4. The van der Waals surface area contributed by atoms with Crippen molar-refractivity contribution in [3.63, 3.8) is 0 Å². The normalized spacial score (nSPS) is 11.0. The second kappa shape index (κ2) is 3.45. The van der Waals surface area contributed by atoms with Crippen LogP contribution in [0.1, 0.15) is 16.7 Å². The number of nitrogens with one attached hydrogen (secondary N) is 1. The number of rotatable bonds is 1. The number of benzene rings is 1. The predicted octanol–water partition coefficient (Wildman–Crippen LogP) is 2.79. The Hall–Kier alpha value is -1.16. The maximum atomic E-state index is 5.40. The van der Waals surface area contributed by atoms with E-state index in [1.165, 1.54) is 5.56 Å². The van der Waals surface area contributed by atoms with Crippen molar-refractivity contribution >= 4 is 23.7 Å². The van der Waals surface area contributed by atoms with Crippen molar-refractivity contribution in [2.75, 3.05) is 7.11 Å². The summed E-state index contributed by atoms with van der Waals surface area (Å²) in [5.41, 5.74) is 5.38. The highest BCUT2D eigenvalue weighted by Gasteiger charge is 2.14. The van der Waals surface area contributed by atoms with Crippen LogP contribution in [0.2, 0.25) is 0 Å². The summed E-state index contributed by atoms with van der Waals surface area (Å²) in [5, 5.41) is 0.642. The van der Waals surface area contributed by atoms with Gasteiger partial charge in [0.25, 0.3) is 0 Å². The fraction of sp³-hybridized carbons (Fsp3) is 0.364. The van der Waals surface area contributed by atoms with Gasteiger partial charge in [-0.2, -0.15) is 0 Å². The Kier molecular flexibility index (Phi) is 2.38. The van der Waals surface area contributed by atoms with E-state index in [-0.39, 0.29) is 0 Å². The number of methoxy groups -OCH3 is 1. The number of thiol groups is 1. The van der Waals surface area contributed by atoms with Crippen molar-refractivity contribution in [2.45, 2.75) is 25.9 Å². The largest absolute Gasteiger partial charge is 0.496 e. The minimum Gasteiger partial charge on any atom is -0.496 e. The second-order valence-electron chi connectivity index (χ2n) is 3.69. The van der Waals surface area contributed by atoms with Gasteiger partial charge in [0.15, 0.2) is 5.16 Å². The molecule has 0 radical (unpaired) electrons. The zero-order valence-corrected chi connectivity index (χ0v) is 10.2. The molecule has 0 aliphatic rings. The van der Waals surface area contributed by atoms with Crippen LogP contribution in [0.3, 0.4) is 0 Å². The molecular formula is C11H14N2OS. The first-order valence-electron chi connectivity index (χ1n) is 4.78. The second-order valence-corrected chi connectivity index (χ2v) is 4.12. The van der Waals surface area contributed by atoms with Crippen molar-refractivity contribution in [1.82, 2.24) is 9.97 Å². The van der Waals surface area contributed by atoms with E-state index < -0.39 is 0 Å². The van der Waals surface area contributed by atoms with Crippen LogP contribution in [0.15, 0.2) is 5.16 Å². The number of aromatic nitrogens is 2. The Morgan fingerprint density at radius 1 is 1.13 bits per heavy atom. The number of fused-ring (bicyclic) bond motifs is 1. The van der Waals surface area contributed by atoms with Gasteiger partial charge < -0.3 is 9.72 Å². The summed E-state index contributed by atoms with van der Waals surface area (Å²) in [6.07, 6.45) is 0. The predicted molar refractivity (Wildman–Crippen MR) is 64.1 cm³/mol. The molecule has 1 N–H and O–H groups in total. The summed E-state index contributed by atoms with van der Waals surface area (Å²) in [7, 11) is 1.69. The maximum absolute atomic E-state index is 5.40. The molecule has 3 nitrogen and oxygen atoms in total. The van der Waals surface area contributed by atoms with Gasteiger partial charge in [-0.25, -0.2) is 4.98 Å². The van der Waals surface area contributed by atoms with E-state index in [1.54, 1.807) is 7.11 Å². The van der Waals surface area contributed by atoms with Crippen molar-refractivity contribution in [1.29, 1.82) is 0 Å². The highest BCUT2D eigenvalue weighted by atomic mass is 32.1. The van der Waals surface area contributed by atoms with E-state index in [4.69, 9.17) is 4.74 Å². The van der Waals surface area contributed by atoms with E-state index >= 15 is 0 Å². The van der Waals surface area contributed by atoms with Crippen LogP contribution < -0.4 is 4.74 Å². The topological polar surface area (TPSA) is 37.9 Å². The Balaban J connectivity index is 2.94. The van der Waals surface area contributed by atoms with Crippen molar-refractivity contribution in [3.8, 4) is 5.75 Å². The molecule has 0 fully saturated rings. The molecule has 0 spiro atoms. The lowest BCUT2D eigenvalue weighted by Crippen LogP contribution is -1.95. The average molecular weight is 222 g/mol. The van der Waals surface area contributed by atoms with Gasteiger partial charge in [-0.15, -0.1) is 12.6 Å². The average Bonchev–Trinajstić information content (AvgIpc) is 2.58. The van der Waals surface area contributed by atoms with Crippen LogP contribution in [-0.4, -0.2) is 17.1 Å². The number of hydrogen-bond acceptors (Lipinski definition) is 3. The summed E-state index contributed by atoms with van der Waals surface area (Å²) in [4.78, 5) is 7.51. The van der Waals surface area contributed by atoms with Crippen molar-refractivity contribution < 1.29 is 4.74 Å². The molecule has 0 atom stereocenters. The fourth-order valence-corrected chi connectivity index (χ4v) is 2.17. The highest BCUT2D eigenvalue weighted by molar-refractivity contribution is 7.80. The summed E-state index contributed by atoms with van der Waals surface area (Å²) < 4.78 is 5.40. The molecule has 4 heteroatoms. The zero-order valence-electron chi connectivity index (χ0n) is 9.30. The van der Waals surface area contributed by atoms with Gasteiger partial charge >= 0.3 is 0 Å². The molecule has 0 amide bonds. The minimum atomic E-state index is 0.642. The lowest BCUT2D eigenvalue weighted by Gasteiger charge is -2.11. The lowest BCUT2D eigenvalue weighted by molar-refractivity contribution is 0.409. The SMILES string of the molecule is COc1c(C)c(C)c2[nH]c(S)nc2c1C. The molecule has 2 rings (SSSR count). The maximum Gasteiger partial charge on any atom is 0.163 e. The Labute approximate surface area is 94.3 Å². The highest BCUT2D eigenvalue weighted by Crippen LogP contribution is 2.33. The molecule has 1 aromatic carbocycles.